The third-order valence-electron chi connectivity index (χ3n) is 6.55. The molecule has 0 saturated carbocycles. The van der Waals surface area contributed by atoms with Crippen LogP contribution in [-0.4, -0.2) is 74.6 Å². The van der Waals surface area contributed by atoms with Crippen molar-refractivity contribution in [2.45, 2.75) is 44.7 Å². The summed E-state index contributed by atoms with van der Waals surface area (Å²) in [6.07, 6.45) is 2.28. The maximum absolute atomic E-state index is 14.6. The summed E-state index contributed by atoms with van der Waals surface area (Å²) in [7, 11) is -3.48. The first-order valence-electron chi connectivity index (χ1n) is 12.3. The second kappa shape index (κ2) is 11.7. The Morgan fingerprint density at radius 2 is 2.13 bits per heavy atom. The molecule has 3 heterocycles. The Balaban J connectivity index is 1.76. The number of hydrogen-bond acceptors (Lipinski definition) is 9. The van der Waals surface area contributed by atoms with Gasteiger partial charge in [0.15, 0.2) is 10.8 Å². The van der Waals surface area contributed by atoms with Crippen LogP contribution in [0.15, 0.2) is 46.0 Å². The van der Waals surface area contributed by atoms with Gasteiger partial charge in [0.05, 0.1) is 25.0 Å². The topological polar surface area (TPSA) is 113 Å². The van der Waals surface area contributed by atoms with Crippen LogP contribution in [0.1, 0.15) is 41.9 Å². The van der Waals surface area contributed by atoms with Crippen molar-refractivity contribution in [3.05, 3.63) is 63.0 Å². The molecule has 2 aliphatic rings. The van der Waals surface area contributed by atoms with Crippen LogP contribution in [0.5, 0.6) is 0 Å². The second-order valence-corrected chi connectivity index (χ2v) is 12.2. The van der Waals surface area contributed by atoms with Crippen LogP contribution in [0.2, 0.25) is 0 Å². The summed E-state index contributed by atoms with van der Waals surface area (Å²) >= 11 is 1.30. The van der Waals surface area contributed by atoms with E-state index in [4.69, 9.17) is 9.73 Å². The Morgan fingerprint density at radius 3 is 2.79 bits per heavy atom. The molecule has 4 rings (SSSR count). The van der Waals surface area contributed by atoms with Gasteiger partial charge in [-0.25, -0.2) is 36.1 Å². The monoisotopic (exact) mass is 585 g/mol. The second-order valence-electron chi connectivity index (χ2n) is 9.48. The van der Waals surface area contributed by atoms with E-state index in [0.29, 0.717) is 27.7 Å². The first-order chi connectivity index (χ1) is 18.4. The summed E-state index contributed by atoms with van der Waals surface area (Å²) < 4.78 is 74.5. The van der Waals surface area contributed by atoms with Crippen LogP contribution in [0, 0.1) is 12.7 Å². The van der Waals surface area contributed by atoms with E-state index in [2.05, 4.69) is 15.0 Å². The van der Waals surface area contributed by atoms with Crippen molar-refractivity contribution in [1.82, 2.24) is 19.9 Å². The lowest BCUT2D eigenvalue weighted by atomic mass is 9.92. The van der Waals surface area contributed by atoms with Gasteiger partial charge in [0.25, 0.3) is 5.92 Å². The van der Waals surface area contributed by atoms with E-state index in [1.807, 2.05) is 0 Å². The minimum absolute atomic E-state index is 0.00970. The van der Waals surface area contributed by atoms with Crippen molar-refractivity contribution >= 4 is 33.2 Å². The van der Waals surface area contributed by atoms with Crippen LogP contribution in [-0.2, 0) is 19.6 Å². The zero-order chi connectivity index (χ0) is 28.4. The SMILES string of the molecule is CCOC(=O)C1=C(CN2CC(F)(F)C[C@@H]2CCNS(C)(=O)=O)NC(c2nccs2)=N[C@H]1c1cccc(F)c1C. The predicted molar refractivity (Wildman–Crippen MR) is 142 cm³/mol. The van der Waals surface area contributed by atoms with Crippen molar-refractivity contribution in [1.29, 1.82) is 0 Å². The number of halogens is 3. The number of carbonyl (C=O) groups excluding carboxylic acids is 1. The zero-order valence-corrected chi connectivity index (χ0v) is 23.3. The molecule has 2 atom stereocenters. The van der Waals surface area contributed by atoms with Crippen LogP contribution in [0.4, 0.5) is 13.2 Å². The number of alkyl halides is 2. The molecule has 0 amide bonds. The Hall–Kier alpha value is -2.81. The molecular formula is C25H30F3N5O4S2. The van der Waals surface area contributed by atoms with E-state index in [-0.39, 0.29) is 31.7 Å². The number of nitrogens with zero attached hydrogens (tertiary/aromatic N) is 3. The molecule has 0 spiro atoms. The first-order valence-corrected chi connectivity index (χ1v) is 15.1. The number of rotatable bonds is 10. The molecule has 0 aliphatic carbocycles. The first kappa shape index (κ1) is 29.2. The summed E-state index contributed by atoms with van der Waals surface area (Å²) in [6, 6.07) is 2.86. The Labute approximate surface area is 229 Å². The molecule has 39 heavy (non-hydrogen) atoms. The molecule has 2 N–H and O–H groups in total. The van der Waals surface area contributed by atoms with E-state index in [1.165, 1.54) is 28.4 Å². The van der Waals surface area contributed by atoms with Crippen LogP contribution < -0.4 is 10.0 Å². The molecule has 1 aromatic carbocycles. The predicted octanol–water partition coefficient (Wildman–Crippen LogP) is 3.15. The zero-order valence-electron chi connectivity index (χ0n) is 21.7. The average molecular weight is 586 g/mol. The molecule has 14 heteroatoms. The maximum atomic E-state index is 14.6. The molecule has 9 nitrogen and oxygen atoms in total. The third kappa shape index (κ3) is 7.04. The van der Waals surface area contributed by atoms with Gasteiger partial charge >= 0.3 is 5.97 Å². The number of carbonyl (C=O) groups is 1. The number of nitrogens with one attached hydrogen (secondary N) is 2. The minimum atomic E-state index is -3.48. The van der Waals surface area contributed by atoms with Crippen LogP contribution >= 0.6 is 11.3 Å². The van der Waals surface area contributed by atoms with Gasteiger partial charge in [0.1, 0.15) is 11.9 Å². The smallest absolute Gasteiger partial charge is 0.338 e. The van der Waals surface area contributed by atoms with E-state index >= 15 is 0 Å². The highest BCUT2D eigenvalue weighted by atomic mass is 32.2. The quantitative estimate of drug-likeness (QED) is 0.412. The molecule has 1 fully saturated rings. The lowest BCUT2D eigenvalue weighted by Gasteiger charge is -2.31. The Bertz CT molecular complexity index is 1380. The minimum Gasteiger partial charge on any atom is -0.463 e. The highest BCUT2D eigenvalue weighted by Crippen LogP contribution is 2.38. The van der Waals surface area contributed by atoms with Crippen molar-refractivity contribution < 1.29 is 31.1 Å². The fraction of sp³-hybridized carbons (Fsp3) is 0.480. The lowest BCUT2D eigenvalue weighted by Crippen LogP contribution is -2.42. The summed E-state index contributed by atoms with van der Waals surface area (Å²) in [5.74, 6) is -3.85. The summed E-state index contributed by atoms with van der Waals surface area (Å²) in [5, 5.41) is 5.38. The molecule has 1 aromatic heterocycles. The standard InChI is InChI=1S/C25H30F3N5O4S2/c1-4-37-24(34)20-19(13-33-14-25(27,28)12-16(33)8-9-30-39(3,35)36)31-22(23-29-10-11-38-23)32-21(20)17-6-5-7-18(26)15(17)2/h5-7,10-11,16,21,30H,4,8-9,12-14H2,1-3H3,(H,31,32)/t16-,21-/m0/s1. The van der Waals surface area contributed by atoms with Gasteiger partial charge in [-0.2, -0.15) is 0 Å². The number of likely N-dealkylation sites (tertiary alicyclic amines) is 1. The Kier molecular flexibility index (Phi) is 8.78. The molecule has 2 aromatic rings. The lowest BCUT2D eigenvalue weighted by molar-refractivity contribution is -0.139. The molecule has 1 saturated heterocycles. The fourth-order valence-corrected chi connectivity index (χ4v) is 5.89. The van der Waals surface area contributed by atoms with Gasteiger partial charge in [0, 0.05) is 42.8 Å². The molecule has 0 bridgehead atoms. The number of hydrogen-bond donors (Lipinski definition) is 2. The fourth-order valence-electron chi connectivity index (χ4n) is 4.81. The summed E-state index contributed by atoms with van der Waals surface area (Å²) in [5.41, 5.74) is 1.12. The molecule has 0 radical (unpaired) electrons. The number of benzene rings is 1. The van der Waals surface area contributed by atoms with E-state index in [9.17, 15) is 26.4 Å². The van der Waals surface area contributed by atoms with E-state index in [1.54, 1.807) is 31.5 Å². The molecule has 2 aliphatic heterocycles. The highest BCUT2D eigenvalue weighted by molar-refractivity contribution is 7.88. The number of aromatic nitrogens is 1. The number of amidine groups is 1. The third-order valence-corrected chi connectivity index (χ3v) is 8.06. The number of thiazole rings is 1. The van der Waals surface area contributed by atoms with Crippen molar-refractivity contribution in [3.63, 3.8) is 0 Å². The summed E-state index contributed by atoms with van der Waals surface area (Å²) in [6.45, 7) is 2.61. The molecule has 212 valence electrons. The van der Waals surface area contributed by atoms with Gasteiger partial charge < -0.3 is 10.1 Å². The average Bonchev–Trinajstić information content (AvgIpc) is 3.47. The maximum Gasteiger partial charge on any atom is 0.338 e. The summed E-state index contributed by atoms with van der Waals surface area (Å²) in [4.78, 5) is 23.8. The van der Waals surface area contributed by atoms with Crippen molar-refractivity contribution in [2.75, 3.05) is 32.5 Å². The molecule has 0 unspecified atom stereocenters. The Morgan fingerprint density at radius 1 is 1.36 bits per heavy atom. The number of sulfonamides is 1. The van der Waals surface area contributed by atoms with Crippen LogP contribution in [0.3, 0.4) is 0 Å². The number of ether oxygens (including phenoxy) is 1. The van der Waals surface area contributed by atoms with Crippen LogP contribution in [0.25, 0.3) is 0 Å². The van der Waals surface area contributed by atoms with Crippen molar-refractivity contribution in [2.24, 2.45) is 4.99 Å². The van der Waals surface area contributed by atoms with E-state index < -0.39 is 52.8 Å². The van der Waals surface area contributed by atoms with Gasteiger partial charge in [0.2, 0.25) is 10.0 Å². The van der Waals surface area contributed by atoms with Gasteiger partial charge in [-0.15, -0.1) is 11.3 Å². The van der Waals surface area contributed by atoms with Gasteiger partial charge in [-0.3, -0.25) is 9.89 Å². The number of aliphatic imine (C=N–C) groups is 1. The van der Waals surface area contributed by atoms with E-state index in [0.717, 1.165) is 6.26 Å². The normalized spacial score (nSPS) is 21.5. The number of esters is 1. The van der Waals surface area contributed by atoms with Crippen molar-refractivity contribution in [3.8, 4) is 0 Å². The highest BCUT2D eigenvalue weighted by Gasteiger charge is 2.46. The van der Waals surface area contributed by atoms with Gasteiger partial charge in [-0.1, -0.05) is 12.1 Å². The largest absolute Gasteiger partial charge is 0.463 e. The van der Waals surface area contributed by atoms with Gasteiger partial charge in [-0.05, 0) is 37.5 Å². The molecular weight excluding hydrogens is 555 g/mol.